The first-order valence-electron chi connectivity index (χ1n) is 21.1. The summed E-state index contributed by atoms with van der Waals surface area (Å²) < 4.78 is 15.5. The van der Waals surface area contributed by atoms with Crippen molar-refractivity contribution in [2.45, 2.75) is 0 Å². The maximum absolute atomic E-state index is 6.57. The van der Waals surface area contributed by atoms with Gasteiger partial charge < -0.3 is 18.3 Å². The monoisotopic (exact) mass is 792 g/mol. The number of nitrogens with zero attached hydrogens (tertiary/aromatic N) is 2. The lowest BCUT2D eigenvalue weighted by atomic mass is 9.98. The van der Waals surface area contributed by atoms with Crippen LogP contribution in [0.25, 0.3) is 104 Å². The number of benzene rings is 10. The van der Waals surface area contributed by atoms with E-state index < -0.39 is 0 Å². The average molecular weight is 793 g/mol. The van der Waals surface area contributed by atoms with E-state index >= 15 is 0 Å². The van der Waals surface area contributed by atoms with E-state index in [4.69, 9.17) is 8.83 Å². The van der Waals surface area contributed by atoms with Gasteiger partial charge in [-0.1, -0.05) is 152 Å². The predicted octanol–water partition coefficient (Wildman–Crippen LogP) is 16.5. The highest BCUT2D eigenvalue weighted by Gasteiger charge is 2.24. The highest BCUT2D eigenvalue weighted by molar-refractivity contribution is 6.16. The van der Waals surface area contributed by atoms with Gasteiger partial charge in [0.25, 0.3) is 0 Å². The standard InChI is InChI=1S/C58H36N2O2/c1-2-16-42-37(14-1)30-34-48-49-36-39(31-35-56(49)62-58(42)48)41-15-3-7-22-50(41)59(40-32-28-38(29-33-40)43-20-13-21-47-46-19-6-12-27-55(46)61-57(43)47)53-25-10-11-26-54(53)60-51-23-8-4-17-44(51)45-18-5-9-24-52(45)60/h1-36H. The number of hydrogen-bond donors (Lipinski definition) is 0. The Morgan fingerprint density at radius 1 is 0.339 bits per heavy atom. The lowest BCUT2D eigenvalue weighted by Gasteiger charge is -2.30. The van der Waals surface area contributed by atoms with Gasteiger partial charge in [-0.25, -0.2) is 0 Å². The minimum Gasteiger partial charge on any atom is -0.455 e. The summed E-state index contributed by atoms with van der Waals surface area (Å²) in [5.74, 6) is 0. The Morgan fingerprint density at radius 2 is 0.919 bits per heavy atom. The van der Waals surface area contributed by atoms with Crippen molar-refractivity contribution >= 4 is 93.5 Å². The molecule has 0 N–H and O–H groups in total. The third kappa shape index (κ3) is 5.20. The molecule has 4 nitrogen and oxygen atoms in total. The summed E-state index contributed by atoms with van der Waals surface area (Å²) in [7, 11) is 0. The maximum atomic E-state index is 6.57. The topological polar surface area (TPSA) is 34.5 Å². The predicted molar refractivity (Wildman–Crippen MR) is 258 cm³/mol. The van der Waals surface area contributed by atoms with Crippen LogP contribution in [0.1, 0.15) is 0 Å². The molecule has 3 heterocycles. The van der Waals surface area contributed by atoms with Gasteiger partial charge in [0.1, 0.15) is 22.3 Å². The van der Waals surface area contributed by atoms with Gasteiger partial charge in [-0.15, -0.1) is 0 Å². The molecule has 0 unspecified atom stereocenters. The molecule has 0 radical (unpaired) electrons. The fourth-order valence-corrected chi connectivity index (χ4v) is 9.78. The molecular formula is C58H36N2O2. The van der Waals surface area contributed by atoms with Crippen molar-refractivity contribution in [3.05, 3.63) is 218 Å². The van der Waals surface area contributed by atoms with Gasteiger partial charge in [-0.05, 0) is 83.2 Å². The van der Waals surface area contributed by atoms with E-state index in [9.17, 15) is 0 Å². The van der Waals surface area contributed by atoms with E-state index in [0.717, 1.165) is 105 Å². The second-order valence-corrected chi connectivity index (χ2v) is 16.0. The smallest absolute Gasteiger partial charge is 0.143 e. The second kappa shape index (κ2) is 13.6. The van der Waals surface area contributed by atoms with Crippen molar-refractivity contribution in [2.75, 3.05) is 4.90 Å². The van der Waals surface area contributed by atoms with Crippen LogP contribution in [0, 0.1) is 0 Å². The normalized spacial score (nSPS) is 11.9. The van der Waals surface area contributed by atoms with E-state index in [2.05, 4.69) is 216 Å². The van der Waals surface area contributed by atoms with Crippen molar-refractivity contribution in [3.8, 4) is 27.9 Å². The number of rotatable bonds is 6. The molecule has 0 aliphatic rings. The number of para-hydroxylation sites is 7. The molecule has 0 fully saturated rings. The van der Waals surface area contributed by atoms with Crippen LogP contribution in [-0.2, 0) is 0 Å². The number of hydrogen-bond acceptors (Lipinski definition) is 3. The minimum atomic E-state index is 0.876. The second-order valence-electron chi connectivity index (χ2n) is 16.0. The molecule has 0 aliphatic carbocycles. The quantitative estimate of drug-likeness (QED) is 0.168. The van der Waals surface area contributed by atoms with Crippen LogP contribution in [0.4, 0.5) is 17.1 Å². The van der Waals surface area contributed by atoms with Crippen molar-refractivity contribution in [3.63, 3.8) is 0 Å². The first kappa shape index (κ1) is 34.5. The summed E-state index contributed by atoms with van der Waals surface area (Å²) in [6.07, 6.45) is 0. The lowest BCUT2D eigenvalue weighted by molar-refractivity contribution is 0.670. The minimum absolute atomic E-state index is 0.876. The summed E-state index contributed by atoms with van der Waals surface area (Å²) >= 11 is 0. The molecular weight excluding hydrogens is 757 g/mol. The fraction of sp³-hybridized carbons (Fsp3) is 0. The van der Waals surface area contributed by atoms with Crippen molar-refractivity contribution in [1.82, 2.24) is 4.57 Å². The SMILES string of the molecule is c1ccc(N(c2ccc(-c3cccc4c3oc3ccccc34)cc2)c2ccccc2-n2c3ccccc3c3ccccc32)c(-c2ccc3oc4c5ccccc5ccc4c3c2)c1. The Hall–Kier alpha value is -8.34. The molecule has 0 atom stereocenters. The van der Waals surface area contributed by atoms with E-state index in [-0.39, 0.29) is 0 Å². The highest BCUT2D eigenvalue weighted by atomic mass is 16.3. The van der Waals surface area contributed by atoms with Gasteiger partial charge in [0.05, 0.1) is 28.1 Å². The van der Waals surface area contributed by atoms with Gasteiger partial charge in [-0.3, -0.25) is 0 Å². The molecule has 0 bridgehead atoms. The zero-order valence-electron chi connectivity index (χ0n) is 33.5. The van der Waals surface area contributed by atoms with Gasteiger partial charge in [0, 0.05) is 54.5 Å². The van der Waals surface area contributed by atoms with E-state index in [1.807, 2.05) is 12.1 Å². The third-order valence-corrected chi connectivity index (χ3v) is 12.6. The molecule has 4 heteroatoms. The Morgan fingerprint density at radius 3 is 1.74 bits per heavy atom. The summed E-state index contributed by atoms with van der Waals surface area (Å²) in [5, 5.41) is 9.19. The zero-order valence-corrected chi connectivity index (χ0v) is 33.5. The Labute approximate surface area is 356 Å². The fourth-order valence-electron chi connectivity index (χ4n) is 9.78. The first-order valence-corrected chi connectivity index (χ1v) is 21.1. The molecule has 0 saturated carbocycles. The molecule has 290 valence electrons. The van der Waals surface area contributed by atoms with Crippen molar-refractivity contribution in [1.29, 1.82) is 0 Å². The summed E-state index contributed by atoms with van der Waals surface area (Å²) in [6.45, 7) is 0. The van der Waals surface area contributed by atoms with Crippen LogP contribution < -0.4 is 4.90 Å². The van der Waals surface area contributed by atoms with E-state index in [0.29, 0.717) is 0 Å². The molecule has 13 rings (SSSR count). The molecule has 3 aromatic heterocycles. The Balaban J connectivity index is 1.03. The number of anilines is 3. The Kier molecular flexibility index (Phi) is 7.57. The van der Waals surface area contributed by atoms with Crippen molar-refractivity contribution < 1.29 is 8.83 Å². The third-order valence-electron chi connectivity index (χ3n) is 12.6. The Bertz CT molecular complexity index is 3830. The number of fused-ring (bicyclic) bond motifs is 11. The van der Waals surface area contributed by atoms with Crippen LogP contribution >= 0.6 is 0 Å². The molecule has 13 aromatic rings. The van der Waals surface area contributed by atoms with Gasteiger partial charge in [0.2, 0.25) is 0 Å². The molecule has 0 amide bonds. The van der Waals surface area contributed by atoms with Crippen LogP contribution in [0.2, 0.25) is 0 Å². The molecule has 0 saturated heterocycles. The van der Waals surface area contributed by atoms with Gasteiger partial charge in [0.15, 0.2) is 0 Å². The van der Waals surface area contributed by atoms with Crippen LogP contribution in [0.3, 0.4) is 0 Å². The highest BCUT2D eigenvalue weighted by Crippen LogP contribution is 2.47. The molecule has 0 aliphatic heterocycles. The van der Waals surface area contributed by atoms with Crippen LogP contribution in [-0.4, -0.2) is 4.57 Å². The largest absolute Gasteiger partial charge is 0.455 e. The van der Waals surface area contributed by atoms with Crippen LogP contribution in [0.5, 0.6) is 0 Å². The zero-order chi connectivity index (χ0) is 40.7. The van der Waals surface area contributed by atoms with Crippen LogP contribution in [0.15, 0.2) is 227 Å². The molecule has 10 aromatic carbocycles. The lowest BCUT2D eigenvalue weighted by Crippen LogP contribution is -2.14. The maximum Gasteiger partial charge on any atom is 0.143 e. The summed E-state index contributed by atoms with van der Waals surface area (Å²) in [5.41, 5.74) is 14.5. The first-order chi connectivity index (χ1) is 30.8. The molecule has 62 heavy (non-hydrogen) atoms. The average Bonchev–Trinajstić information content (AvgIpc) is 4.02. The molecule has 0 spiro atoms. The van der Waals surface area contributed by atoms with Crippen molar-refractivity contribution in [2.24, 2.45) is 0 Å². The number of furan rings is 2. The number of aromatic nitrogens is 1. The van der Waals surface area contributed by atoms with E-state index in [1.165, 1.54) is 16.2 Å². The van der Waals surface area contributed by atoms with Gasteiger partial charge in [-0.2, -0.15) is 0 Å². The summed E-state index contributed by atoms with van der Waals surface area (Å²) in [4.78, 5) is 2.42. The van der Waals surface area contributed by atoms with Gasteiger partial charge >= 0.3 is 0 Å². The van der Waals surface area contributed by atoms with E-state index in [1.54, 1.807) is 0 Å². The summed E-state index contributed by atoms with van der Waals surface area (Å²) in [6, 6.07) is 78.0.